The minimum atomic E-state index is -0.733. The number of carboxylic acid groups (broad SMARTS) is 1. The smallest absolute Gasteiger partial charge is 0.303 e. The molecular weight excluding hydrogens is 214 g/mol. The van der Waals surface area contributed by atoms with Crippen LogP contribution in [0, 0.1) is 5.41 Å². The number of aliphatic carboxylic acids is 1. The molecule has 0 spiro atoms. The second-order valence-electron chi connectivity index (χ2n) is 5.39. The lowest BCUT2D eigenvalue weighted by Crippen LogP contribution is -2.32. The first kappa shape index (κ1) is 13.7. The van der Waals surface area contributed by atoms with Crippen LogP contribution in [0.4, 0.5) is 0 Å². The van der Waals surface area contributed by atoms with Gasteiger partial charge in [-0.3, -0.25) is 4.79 Å². The van der Waals surface area contributed by atoms with Gasteiger partial charge in [-0.05, 0) is 18.0 Å². The van der Waals surface area contributed by atoms with E-state index in [0.717, 1.165) is 13.1 Å². The zero-order valence-electron chi connectivity index (χ0n) is 10.8. The van der Waals surface area contributed by atoms with Gasteiger partial charge < -0.3 is 10.0 Å². The lowest BCUT2D eigenvalue weighted by molar-refractivity contribution is -0.139. The molecule has 0 unspecified atom stereocenters. The molecule has 0 saturated heterocycles. The van der Waals surface area contributed by atoms with Crippen LogP contribution < -0.4 is 0 Å². The van der Waals surface area contributed by atoms with Crippen molar-refractivity contribution >= 4 is 5.97 Å². The van der Waals surface area contributed by atoms with E-state index in [4.69, 9.17) is 5.11 Å². The molecule has 94 valence electrons. The van der Waals surface area contributed by atoms with E-state index in [1.807, 2.05) is 39.1 Å². The average molecular weight is 235 g/mol. The Morgan fingerprint density at radius 3 is 2.41 bits per heavy atom. The maximum Gasteiger partial charge on any atom is 0.303 e. The highest BCUT2D eigenvalue weighted by Crippen LogP contribution is 2.22. The summed E-state index contributed by atoms with van der Waals surface area (Å²) in [4.78, 5) is 12.9. The van der Waals surface area contributed by atoms with Gasteiger partial charge in [-0.2, -0.15) is 0 Å². The molecule has 1 N–H and O–H groups in total. The zero-order chi connectivity index (χ0) is 12.9. The number of carbonyl (C=O) groups is 1. The fraction of sp³-hybridized carbons (Fsp3) is 0.500. The molecule has 0 radical (unpaired) electrons. The Hall–Kier alpha value is -1.35. The zero-order valence-corrected chi connectivity index (χ0v) is 10.8. The molecule has 0 saturated carbocycles. The van der Waals surface area contributed by atoms with Gasteiger partial charge in [-0.25, -0.2) is 0 Å². The Morgan fingerprint density at radius 2 is 1.88 bits per heavy atom. The standard InChI is InChI=1S/C14H21NO2/c1-14(2,9-13(16)17)11-15(3)10-12-7-5-4-6-8-12/h4-8H,9-11H2,1-3H3,(H,16,17). The summed E-state index contributed by atoms with van der Waals surface area (Å²) in [5, 5.41) is 8.83. The van der Waals surface area contributed by atoms with E-state index in [0.29, 0.717) is 0 Å². The van der Waals surface area contributed by atoms with Gasteiger partial charge in [-0.15, -0.1) is 0 Å². The summed E-state index contributed by atoms with van der Waals surface area (Å²) in [6.07, 6.45) is 0.201. The molecule has 0 amide bonds. The Kier molecular flexibility index (Phi) is 4.70. The van der Waals surface area contributed by atoms with Gasteiger partial charge in [0.05, 0.1) is 6.42 Å². The molecule has 0 heterocycles. The van der Waals surface area contributed by atoms with Gasteiger partial charge in [0.1, 0.15) is 0 Å². The van der Waals surface area contributed by atoms with Crippen LogP contribution in [-0.4, -0.2) is 29.6 Å². The van der Waals surface area contributed by atoms with Crippen LogP contribution in [-0.2, 0) is 11.3 Å². The number of hydrogen-bond acceptors (Lipinski definition) is 2. The number of nitrogens with zero attached hydrogens (tertiary/aromatic N) is 1. The molecule has 0 aliphatic heterocycles. The largest absolute Gasteiger partial charge is 0.481 e. The Labute approximate surface area is 103 Å². The number of hydrogen-bond donors (Lipinski definition) is 1. The second kappa shape index (κ2) is 5.82. The maximum absolute atomic E-state index is 10.7. The van der Waals surface area contributed by atoms with Crippen molar-refractivity contribution in [3.63, 3.8) is 0 Å². The topological polar surface area (TPSA) is 40.5 Å². The molecule has 0 aliphatic rings. The minimum absolute atomic E-state index is 0.199. The van der Waals surface area contributed by atoms with E-state index >= 15 is 0 Å². The minimum Gasteiger partial charge on any atom is -0.481 e. The molecule has 3 nitrogen and oxygen atoms in total. The molecule has 0 fully saturated rings. The van der Waals surface area contributed by atoms with Crippen molar-refractivity contribution in [2.24, 2.45) is 5.41 Å². The van der Waals surface area contributed by atoms with E-state index in [1.165, 1.54) is 5.56 Å². The summed E-state index contributed by atoms with van der Waals surface area (Å²) in [7, 11) is 2.02. The maximum atomic E-state index is 10.7. The third kappa shape index (κ3) is 5.50. The number of rotatable bonds is 6. The molecule has 17 heavy (non-hydrogen) atoms. The molecule has 1 aromatic rings. The van der Waals surface area contributed by atoms with Crippen LogP contribution >= 0.6 is 0 Å². The fourth-order valence-electron chi connectivity index (χ4n) is 2.15. The first-order valence-electron chi connectivity index (χ1n) is 5.83. The second-order valence-corrected chi connectivity index (χ2v) is 5.39. The third-order valence-electron chi connectivity index (χ3n) is 2.62. The molecule has 3 heteroatoms. The molecule has 0 bridgehead atoms. The highest BCUT2D eigenvalue weighted by molar-refractivity contribution is 5.67. The summed E-state index contributed by atoms with van der Waals surface area (Å²) >= 11 is 0. The first-order valence-corrected chi connectivity index (χ1v) is 5.83. The van der Waals surface area contributed by atoms with E-state index in [-0.39, 0.29) is 11.8 Å². The van der Waals surface area contributed by atoms with Crippen LogP contribution in [0.15, 0.2) is 30.3 Å². The fourth-order valence-corrected chi connectivity index (χ4v) is 2.15. The Morgan fingerprint density at radius 1 is 1.29 bits per heavy atom. The van der Waals surface area contributed by atoms with Gasteiger partial charge in [0, 0.05) is 13.1 Å². The van der Waals surface area contributed by atoms with Crippen LogP contribution in [0.2, 0.25) is 0 Å². The van der Waals surface area contributed by atoms with Gasteiger partial charge in [0.15, 0.2) is 0 Å². The summed E-state index contributed by atoms with van der Waals surface area (Å²) in [5.74, 6) is -0.733. The molecule has 1 aromatic carbocycles. The summed E-state index contributed by atoms with van der Waals surface area (Å²) in [5.41, 5.74) is 1.05. The van der Waals surface area contributed by atoms with Crippen molar-refractivity contribution < 1.29 is 9.90 Å². The monoisotopic (exact) mass is 235 g/mol. The molecule has 0 atom stereocenters. The van der Waals surface area contributed by atoms with E-state index in [9.17, 15) is 4.79 Å². The average Bonchev–Trinajstić information content (AvgIpc) is 2.15. The van der Waals surface area contributed by atoms with Crippen molar-refractivity contribution in [1.29, 1.82) is 0 Å². The lowest BCUT2D eigenvalue weighted by Gasteiger charge is -2.29. The SMILES string of the molecule is CN(Cc1ccccc1)CC(C)(C)CC(=O)O. The van der Waals surface area contributed by atoms with Crippen molar-refractivity contribution in [1.82, 2.24) is 4.90 Å². The highest BCUT2D eigenvalue weighted by Gasteiger charge is 2.23. The van der Waals surface area contributed by atoms with Crippen molar-refractivity contribution in [3.8, 4) is 0 Å². The van der Waals surface area contributed by atoms with Gasteiger partial charge in [0.2, 0.25) is 0 Å². The predicted molar refractivity (Wildman–Crippen MR) is 68.8 cm³/mol. The van der Waals surface area contributed by atoms with Crippen LogP contribution in [0.3, 0.4) is 0 Å². The molecular formula is C14H21NO2. The van der Waals surface area contributed by atoms with E-state index < -0.39 is 5.97 Å². The molecule has 0 aliphatic carbocycles. The highest BCUT2D eigenvalue weighted by atomic mass is 16.4. The van der Waals surface area contributed by atoms with E-state index in [1.54, 1.807) is 0 Å². The number of carboxylic acids is 1. The summed E-state index contributed by atoms with van der Waals surface area (Å²) < 4.78 is 0. The molecule has 0 aromatic heterocycles. The predicted octanol–water partition coefficient (Wildman–Crippen LogP) is 2.62. The van der Waals surface area contributed by atoms with Crippen LogP contribution in [0.5, 0.6) is 0 Å². The Balaban J connectivity index is 2.49. The van der Waals surface area contributed by atoms with Gasteiger partial charge in [0.25, 0.3) is 0 Å². The normalized spacial score (nSPS) is 11.8. The number of benzene rings is 1. The van der Waals surface area contributed by atoms with Crippen molar-refractivity contribution in [2.45, 2.75) is 26.8 Å². The van der Waals surface area contributed by atoms with Gasteiger partial charge >= 0.3 is 5.97 Å². The lowest BCUT2D eigenvalue weighted by atomic mass is 9.89. The summed E-state index contributed by atoms with van der Waals surface area (Å²) in [6.45, 7) is 5.60. The summed E-state index contributed by atoms with van der Waals surface area (Å²) in [6, 6.07) is 10.2. The van der Waals surface area contributed by atoms with Crippen molar-refractivity contribution in [2.75, 3.05) is 13.6 Å². The quantitative estimate of drug-likeness (QED) is 0.824. The molecule has 1 rings (SSSR count). The third-order valence-corrected chi connectivity index (χ3v) is 2.62. The first-order chi connectivity index (χ1) is 7.89. The van der Waals surface area contributed by atoms with Gasteiger partial charge in [-0.1, -0.05) is 44.2 Å². The Bertz CT molecular complexity index is 360. The van der Waals surface area contributed by atoms with E-state index in [2.05, 4.69) is 17.0 Å². The van der Waals surface area contributed by atoms with Crippen LogP contribution in [0.1, 0.15) is 25.8 Å². The van der Waals surface area contributed by atoms with Crippen molar-refractivity contribution in [3.05, 3.63) is 35.9 Å². The van der Waals surface area contributed by atoms with Crippen LogP contribution in [0.25, 0.3) is 0 Å².